The molecule has 19 heavy (non-hydrogen) atoms. The Hall–Kier alpha value is -1.36. The number of carbonyl (C=O) groups is 1. The Balaban J connectivity index is 2.28. The summed E-state index contributed by atoms with van der Waals surface area (Å²) < 4.78 is 1.79. The first kappa shape index (κ1) is 14.1. The minimum Gasteiger partial charge on any atom is -0.334 e. The standard InChI is InChI=1S/C14H24N4O/c1-5-8-18(12-6-7-15-9-12)14(19)13-10(2)16-17(4)11(13)3/h12,15H,5-9H2,1-4H3/t12-/m0/s1. The molecule has 1 N–H and O–H groups in total. The number of hydrogen-bond donors (Lipinski definition) is 1. The average molecular weight is 264 g/mol. The number of aromatic nitrogens is 2. The zero-order valence-corrected chi connectivity index (χ0v) is 12.4. The Morgan fingerprint density at radius 1 is 1.53 bits per heavy atom. The van der Waals surface area contributed by atoms with E-state index in [-0.39, 0.29) is 5.91 Å². The highest BCUT2D eigenvalue weighted by molar-refractivity contribution is 5.96. The molecule has 0 aromatic carbocycles. The van der Waals surface area contributed by atoms with Crippen LogP contribution in [0.3, 0.4) is 0 Å². The lowest BCUT2D eigenvalue weighted by molar-refractivity contribution is 0.0690. The molecule has 0 aliphatic carbocycles. The second kappa shape index (κ2) is 5.74. The van der Waals surface area contributed by atoms with Crippen molar-refractivity contribution in [1.82, 2.24) is 20.0 Å². The van der Waals surface area contributed by atoms with Crippen molar-refractivity contribution in [1.29, 1.82) is 0 Å². The smallest absolute Gasteiger partial charge is 0.257 e. The van der Waals surface area contributed by atoms with Crippen molar-refractivity contribution in [2.45, 2.75) is 39.7 Å². The van der Waals surface area contributed by atoms with Gasteiger partial charge in [-0.25, -0.2) is 0 Å². The van der Waals surface area contributed by atoms with Crippen molar-refractivity contribution < 1.29 is 4.79 Å². The number of amides is 1. The third kappa shape index (κ3) is 2.66. The third-order valence-corrected chi connectivity index (χ3v) is 3.92. The number of carbonyl (C=O) groups excluding carboxylic acids is 1. The van der Waals surface area contributed by atoms with Crippen molar-refractivity contribution in [3.8, 4) is 0 Å². The average Bonchev–Trinajstić information content (AvgIpc) is 2.96. The van der Waals surface area contributed by atoms with Gasteiger partial charge in [-0.05, 0) is 33.2 Å². The molecule has 0 radical (unpaired) electrons. The molecular formula is C14H24N4O. The summed E-state index contributed by atoms with van der Waals surface area (Å²) in [7, 11) is 1.89. The van der Waals surface area contributed by atoms with E-state index >= 15 is 0 Å². The Morgan fingerprint density at radius 3 is 2.74 bits per heavy atom. The van der Waals surface area contributed by atoms with Crippen molar-refractivity contribution in [3.05, 3.63) is 17.0 Å². The lowest BCUT2D eigenvalue weighted by atomic mass is 10.1. The summed E-state index contributed by atoms with van der Waals surface area (Å²) in [6, 6.07) is 0.325. The van der Waals surface area contributed by atoms with E-state index in [1.54, 1.807) is 4.68 Å². The number of nitrogens with zero attached hydrogens (tertiary/aromatic N) is 3. The molecule has 0 spiro atoms. The second-order valence-corrected chi connectivity index (χ2v) is 5.31. The van der Waals surface area contributed by atoms with E-state index in [1.807, 2.05) is 25.8 Å². The van der Waals surface area contributed by atoms with Gasteiger partial charge >= 0.3 is 0 Å². The molecule has 1 aromatic heterocycles. The van der Waals surface area contributed by atoms with Crippen LogP contribution in [0.2, 0.25) is 0 Å². The number of aryl methyl sites for hydroxylation is 2. The maximum Gasteiger partial charge on any atom is 0.257 e. The van der Waals surface area contributed by atoms with Gasteiger partial charge in [0, 0.05) is 31.9 Å². The minimum absolute atomic E-state index is 0.138. The first-order valence-corrected chi connectivity index (χ1v) is 7.08. The summed E-state index contributed by atoms with van der Waals surface area (Å²) in [6.07, 6.45) is 2.03. The van der Waals surface area contributed by atoms with E-state index in [9.17, 15) is 4.79 Å². The number of rotatable bonds is 4. The molecular weight excluding hydrogens is 240 g/mol. The summed E-state index contributed by atoms with van der Waals surface area (Å²) in [6.45, 7) is 8.72. The highest BCUT2D eigenvalue weighted by Gasteiger charge is 2.29. The van der Waals surface area contributed by atoms with Gasteiger partial charge in [0.25, 0.3) is 5.91 Å². The van der Waals surface area contributed by atoms with Gasteiger partial charge in [0.1, 0.15) is 0 Å². The predicted molar refractivity (Wildman–Crippen MR) is 75.3 cm³/mol. The monoisotopic (exact) mass is 264 g/mol. The molecule has 2 heterocycles. The Bertz CT molecular complexity index is 460. The summed E-state index contributed by atoms with van der Waals surface area (Å²) in [4.78, 5) is 14.8. The Morgan fingerprint density at radius 2 is 2.26 bits per heavy atom. The number of nitrogens with one attached hydrogen (secondary N) is 1. The summed E-state index contributed by atoms with van der Waals surface area (Å²) in [5, 5.41) is 7.69. The predicted octanol–water partition coefficient (Wildman–Crippen LogP) is 1.25. The molecule has 1 atom stereocenters. The van der Waals surface area contributed by atoms with Crippen LogP contribution in [-0.2, 0) is 7.05 Å². The van der Waals surface area contributed by atoms with Gasteiger partial charge in [-0.2, -0.15) is 5.10 Å². The van der Waals surface area contributed by atoms with Gasteiger partial charge in [-0.1, -0.05) is 6.92 Å². The van der Waals surface area contributed by atoms with Crippen LogP contribution in [0.4, 0.5) is 0 Å². The highest BCUT2D eigenvalue weighted by atomic mass is 16.2. The molecule has 106 valence electrons. The minimum atomic E-state index is 0.138. The molecule has 2 rings (SSSR count). The molecule has 1 amide bonds. The molecule has 0 saturated carbocycles. The quantitative estimate of drug-likeness (QED) is 0.890. The fraction of sp³-hybridized carbons (Fsp3) is 0.714. The van der Waals surface area contributed by atoms with Gasteiger partial charge in [0.05, 0.1) is 11.3 Å². The summed E-state index contributed by atoms with van der Waals surface area (Å²) in [5.41, 5.74) is 2.56. The zero-order valence-electron chi connectivity index (χ0n) is 12.4. The molecule has 1 saturated heterocycles. The molecule has 1 aromatic rings. The number of hydrogen-bond acceptors (Lipinski definition) is 3. The van der Waals surface area contributed by atoms with E-state index in [2.05, 4.69) is 17.3 Å². The van der Waals surface area contributed by atoms with Gasteiger partial charge in [0.15, 0.2) is 0 Å². The van der Waals surface area contributed by atoms with Crippen LogP contribution in [0.1, 0.15) is 41.5 Å². The Labute approximate surface area is 115 Å². The van der Waals surface area contributed by atoms with Crippen LogP contribution < -0.4 is 5.32 Å². The molecule has 0 bridgehead atoms. The molecule has 1 fully saturated rings. The zero-order chi connectivity index (χ0) is 14.0. The van der Waals surface area contributed by atoms with Crippen LogP contribution in [0.25, 0.3) is 0 Å². The van der Waals surface area contributed by atoms with Crippen molar-refractivity contribution in [3.63, 3.8) is 0 Å². The lowest BCUT2D eigenvalue weighted by Crippen LogP contribution is -2.42. The van der Waals surface area contributed by atoms with Crippen molar-refractivity contribution >= 4 is 5.91 Å². The molecule has 5 heteroatoms. The lowest BCUT2D eigenvalue weighted by Gasteiger charge is -2.28. The maximum absolute atomic E-state index is 12.8. The van der Waals surface area contributed by atoms with Crippen molar-refractivity contribution in [2.24, 2.45) is 7.05 Å². The van der Waals surface area contributed by atoms with Crippen LogP contribution in [0, 0.1) is 13.8 Å². The van der Waals surface area contributed by atoms with Gasteiger partial charge in [-0.3, -0.25) is 9.48 Å². The maximum atomic E-state index is 12.8. The largest absolute Gasteiger partial charge is 0.334 e. The van der Waals surface area contributed by atoms with Gasteiger partial charge in [0.2, 0.25) is 0 Å². The molecule has 1 aliphatic rings. The highest BCUT2D eigenvalue weighted by Crippen LogP contribution is 2.19. The first-order chi connectivity index (χ1) is 9.06. The fourth-order valence-electron chi connectivity index (χ4n) is 2.82. The second-order valence-electron chi connectivity index (χ2n) is 5.31. The Kier molecular flexibility index (Phi) is 4.24. The molecule has 1 aliphatic heterocycles. The van der Waals surface area contributed by atoms with E-state index < -0.39 is 0 Å². The van der Waals surface area contributed by atoms with E-state index in [0.717, 1.165) is 49.4 Å². The van der Waals surface area contributed by atoms with E-state index in [4.69, 9.17) is 0 Å². The molecule has 0 unspecified atom stereocenters. The normalized spacial score (nSPS) is 18.8. The van der Waals surface area contributed by atoms with Crippen LogP contribution >= 0.6 is 0 Å². The molecule has 5 nitrogen and oxygen atoms in total. The first-order valence-electron chi connectivity index (χ1n) is 7.08. The van der Waals surface area contributed by atoms with Gasteiger partial charge in [-0.15, -0.1) is 0 Å². The van der Waals surface area contributed by atoms with E-state index in [0.29, 0.717) is 6.04 Å². The SMILES string of the molecule is CCCN(C(=O)c1c(C)nn(C)c1C)[C@H]1CCNC1. The summed E-state index contributed by atoms with van der Waals surface area (Å²) in [5.74, 6) is 0.138. The third-order valence-electron chi connectivity index (χ3n) is 3.92. The van der Waals surface area contributed by atoms with Crippen LogP contribution in [-0.4, -0.2) is 46.3 Å². The van der Waals surface area contributed by atoms with E-state index in [1.165, 1.54) is 0 Å². The fourth-order valence-corrected chi connectivity index (χ4v) is 2.82. The topological polar surface area (TPSA) is 50.2 Å². The van der Waals surface area contributed by atoms with Gasteiger partial charge < -0.3 is 10.2 Å². The van der Waals surface area contributed by atoms with Crippen LogP contribution in [0.5, 0.6) is 0 Å². The van der Waals surface area contributed by atoms with Crippen LogP contribution in [0.15, 0.2) is 0 Å². The summed E-state index contributed by atoms with van der Waals surface area (Å²) >= 11 is 0. The van der Waals surface area contributed by atoms with Crippen molar-refractivity contribution in [2.75, 3.05) is 19.6 Å².